The van der Waals surface area contributed by atoms with Crippen LogP contribution in [-0.4, -0.2) is 53.6 Å². The maximum absolute atomic E-state index is 10.1. The first-order chi connectivity index (χ1) is 10.1. The highest BCUT2D eigenvalue weighted by molar-refractivity contribution is 5.34. The Kier molecular flexibility index (Phi) is 5.57. The fraction of sp³-hybridized carbons (Fsp3) is 0.562. The minimum atomic E-state index is -0.597. The molecule has 3 unspecified atom stereocenters. The van der Waals surface area contributed by atoms with Crippen LogP contribution >= 0.6 is 0 Å². The SMILES string of the molecule is CC1CCN(CC(O)COc2ccc(C#N)cc2)C1CO. The molecule has 1 saturated heterocycles. The summed E-state index contributed by atoms with van der Waals surface area (Å²) in [6.45, 7) is 3.87. The van der Waals surface area contributed by atoms with Crippen LogP contribution in [0, 0.1) is 17.2 Å². The topological polar surface area (TPSA) is 76.7 Å². The second-order valence-electron chi connectivity index (χ2n) is 5.61. The summed E-state index contributed by atoms with van der Waals surface area (Å²) in [7, 11) is 0. The van der Waals surface area contributed by atoms with E-state index in [4.69, 9.17) is 10.00 Å². The second-order valence-corrected chi connectivity index (χ2v) is 5.61. The maximum atomic E-state index is 10.1. The molecular weight excluding hydrogens is 268 g/mol. The third kappa shape index (κ3) is 4.18. The van der Waals surface area contributed by atoms with E-state index in [0.29, 0.717) is 23.8 Å². The van der Waals surface area contributed by atoms with Gasteiger partial charge in [0.05, 0.1) is 18.2 Å². The van der Waals surface area contributed by atoms with Crippen LogP contribution in [0.25, 0.3) is 0 Å². The Labute approximate surface area is 125 Å². The smallest absolute Gasteiger partial charge is 0.119 e. The van der Waals surface area contributed by atoms with Crippen molar-refractivity contribution in [3.8, 4) is 11.8 Å². The quantitative estimate of drug-likeness (QED) is 0.817. The van der Waals surface area contributed by atoms with E-state index in [0.717, 1.165) is 13.0 Å². The van der Waals surface area contributed by atoms with Gasteiger partial charge in [-0.2, -0.15) is 5.26 Å². The molecule has 1 heterocycles. The second kappa shape index (κ2) is 7.41. The van der Waals surface area contributed by atoms with Crippen molar-refractivity contribution in [2.24, 2.45) is 5.92 Å². The van der Waals surface area contributed by atoms with Crippen LogP contribution in [0.15, 0.2) is 24.3 Å². The predicted octanol–water partition coefficient (Wildman–Crippen LogP) is 1.00. The molecule has 3 atom stereocenters. The van der Waals surface area contributed by atoms with Crippen LogP contribution in [0.2, 0.25) is 0 Å². The fourth-order valence-electron chi connectivity index (χ4n) is 2.75. The van der Waals surface area contributed by atoms with Crippen molar-refractivity contribution in [2.45, 2.75) is 25.5 Å². The average Bonchev–Trinajstić information content (AvgIpc) is 2.85. The van der Waals surface area contributed by atoms with Crippen LogP contribution in [0.5, 0.6) is 5.75 Å². The number of hydrogen-bond acceptors (Lipinski definition) is 5. The Balaban J connectivity index is 1.79. The highest BCUT2D eigenvalue weighted by Crippen LogP contribution is 2.23. The van der Waals surface area contributed by atoms with Crippen molar-refractivity contribution in [1.29, 1.82) is 5.26 Å². The zero-order valence-electron chi connectivity index (χ0n) is 12.3. The maximum Gasteiger partial charge on any atom is 0.119 e. The van der Waals surface area contributed by atoms with Crippen molar-refractivity contribution in [3.05, 3.63) is 29.8 Å². The zero-order valence-corrected chi connectivity index (χ0v) is 12.3. The lowest BCUT2D eigenvalue weighted by Crippen LogP contribution is -2.41. The first-order valence-corrected chi connectivity index (χ1v) is 7.30. The van der Waals surface area contributed by atoms with Crippen molar-refractivity contribution < 1.29 is 14.9 Å². The van der Waals surface area contributed by atoms with E-state index in [9.17, 15) is 10.2 Å². The van der Waals surface area contributed by atoms with E-state index in [2.05, 4.69) is 11.8 Å². The molecule has 1 aliphatic heterocycles. The Hall–Kier alpha value is -1.61. The van der Waals surface area contributed by atoms with E-state index in [1.165, 1.54) is 0 Å². The number of ether oxygens (including phenoxy) is 1. The summed E-state index contributed by atoms with van der Waals surface area (Å²) in [5.41, 5.74) is 0.583. The van der Waals surface area contributed by atoms with Gasteiger partial charge in [0.2, 0.25) is 0 Å². The molecule has 5 heteroatoms. The van der Waals surface area contributed by atoms with Gasteiger partial charge in [-0.1, -0.05) is 6.92 Å². The van der Waals surface area contributed by atoms with Gasteiger partial charge in [0.15, 0.2) is 0 Å². The number of benzene rings is 1. The van der Waals surface area contributed by atoms with Crippen LogP contribution in [0.4, 0.5) is 0 Å². The summed E-state index contributed by atoms with van der Waals surface area (Å²) < 4.78 is 5.52. The number of nitriles is 1. The monoisotopic (exact) mass is 290 g/mol. The van der Waals surface area contributed by atoms with E-state index < -0.39 is 6.10 Å². The minimum Gasteiger partial charge on any atom is -0.491 e. The first-order valence-electron chi connectivity index (χ1n) is 7.30. The average molecular weight is 290 g/mol. The molecule has 1 fully saturated rings. The van der Waals surface area contributed by atoms with Crippen molar-refractivity contribution in [2.75, 3.05) is 26.3 Å². The highest BCUT2D eigenvalue weighted by Gasteiger charge is 2.31. The Morgan fingerprint density at radius 2 is 2.14 bits per heavy atom. The molecule has 0 saturated carbocycles. The van der Waals surface area contributed by atoms with Gasteiger partial charge in [0.25, 0.3) is 0 Å². The third-order valence-electron chi connectivity index (χ3n) is 4.06. The number of nitrogens with zero attached hydrogens (tertiary/aromatic N) is 2. The molecule has 21 heavy (non-hydrogen) atoms. The molecule has 0 radical (unpaired) electrons. The van der Waals surface area contributed by atoms with E-state index in [-0.39, 0.29) is 19.3 Å². The number of hydrogen-bond donors (Lipinski definition) is 2. The summed E-state index contributed by atoms with van der Waals surface area (Å²) in [5.74, 6) is 1.10. The molecule has 0 bridgehead atoms. The molecule has 0 aliphatic carbocycles. The molecule has 114 valence electrons. The van der Waals surface area contributed by atoms with Gasteiger partial charge in [-0.3, -0.25) is 4.90 Å². The molecule has 1 aromatic carbocycles. The van der Waals surface area contributed by atoms with Gasteiger partial charge in [-0.25, -0.2) is 0 Å². The first kappa shape index (κ1) is 15.8. The van der Waals surface area contributed by atoms with Crippen LogP contribution in [-0.2, 0) is 0 Å². The minimum absolute atomic E-state index is 0.129. The molecule has 2 rings (SSSR count). The number of aliphatic hydroxyl groups excluding tert-OH is 2. The molecule has 0 aromatic heterocycles. The van der Waals surface area contributed by atoms with Crippen LogP contribution in [0.3, 0.4) is 0 Å². The number of aliphatic hydroxyl groups is 2. The summed E-state index contributed by atoms with van der Waals surface area (Å²) in [5, 5.41) is 28.2. The molecule has 0 spiro atoms. The molecule has 2 N–H and O–H groups in total. The van der Waals surface area contributed by atoms with Crippen molar-refractivity contribution >= 4 is 0 Å². The summed E-state index contributed by atoms with van der Waals surface area (Å²) >= 11 is 0. The van der Waals surface area contributed by atoms with Crippen LogP contribution in [0.1, 0.15) is 18.9 Å². The van der Waals surface area contributed by atoms with E-state index in [1.54, 1.807) is 24.3 Å². The standard InChI is InChI=1S/C16H22N2O3/c1-12-6-7-18(16(12)10-19)9-14(20)11-21-15-4-2-13(8-17)3-5-15/h2-5,12,14,16,19-20H,6-7,9-11H2,1H3. The van der Waals surface area contributed by atoms with Gasteiger partial charge in [-0.05, 0) is 43.1 Å². The summed E-state index contributed by atoms with van der Waals surface area (Å²) in [6, 6.07) is 9.00. The van der Waals surface area contributed by atoms with Gasteiger partial charge in [0.1, 0.15) is 18.5 Å². The third-order valence-corrected chi connectivity index (χ3v) is 4.06. The highest BCUT2D eigenvalue weighted by atomic mass is 16.5. The Morgan fingerprint density at radius 1 is 1.43 bits per heavy atom. The number of likely N-dealkylation sites (tertiary alicyclic amines) is 1. The summed E-state index contributed by atoms with van der Waals surface area (Å²) in [4.78, 5) is 2.12. The molecule has 5 nitrogen and oxygen atoms in total. The van der Waals surface area contributed by atoms with Crippen LogP contribution < -0.4 is 4.74 Å². The number of β-amino-alcohol motifs (C(OH)–C–C–N with tert-alkyl or cyclic N) is 1. The Bertz CT molecular complexity index is 483. The Morgan fingerprint density at radius 3 is 2.76 bits per heavy atom. The van der Waals surface area contributed by atoms with Gasteiger partial charge < -0.3 is 14.9 Å². The zero-order chi connectivity index (χ0) is 15.2. The summed E-state index contributed by atoms with van der Waals surface area (Å²) in [6.07, 6.45) is 0.453. The lowest BCUT2D eigenvalue weighted by atomic mass is 10.0. The van der Waals surface area contributed by atoms with E-state index in [1.807, 2.05) is 6.07 Å². The number of rotatable bonds is 6. The van der Waals surface area contributed by atoms with Gasteiger partial charge in [-0.15, -0.1) is 0 Å². The molecule has 1 aromatic rings. The largest absolute Gasteiger partial charge is 0.491 e. The fourth-order valence-corrected chi connectivity index (χ4v) is 2.75. The van der Waals surface area contributed by atoms with Crippen molar-refractivity contribution in [1.82, 2.24) is 4.90 Å². The van der Waals surface area contributed by atoms with Crippen molar-refractivity contribution in [3.63, 3.8) is 0 Å². The lowest BCUT2D eigenvalue weighted by Gasteiger charge is -2.27. The molecule has 1 aliphatic rings. The van der Waals surface area contributed by atoms with Gasteiger partial charge in [0, 0.05) is 12.6 Å². The molecular formula is C16H22N2O3. The lowest BCUT2D eigenvalue weighted by molar-refractivity contribution is 0.0481. The normalized spacial score (nSPS) is 23.7. The molecule has 0 amide bonds. The van der Waals surface area contributed by atoms with Gasteiger partial charge >= 0.3 is 0 Å². The van der Waals surface area contributed by atoms with E-state index >= 15 is 0 Å². The predicted molar refractivity (Wildman–Crippen MR) is 78.9 cm³/mol.